The summed E-state index contributed by atoms with van der Waals surface area (Å²) in [6.07, 6.45) is 23.8. The van der Waals surface area contributed by atoms with Crippen molar-refractivity contribution < 1.29 is 26.3 Å². The Labute approximate surface area is 206 Å². The van der Waals surface area contributed by atoms with E-state index >= 15 is 0 Å². The zero-order valence-corrected chi connectivity index (χ0v) is 23.2. The van der Waals surface area contributed by atoms with E-state index in [0.29, 0.717) is 5.57 Å². The first kappa shape index (κ1) is 32.8. The first-order valence-corrected chi connectivity index (χ1v) is 13.1. The predicted octanol–water partition coefficient (Wildman–Crippen LogP) is 4.41. The van der Waals surface area contributed by atoms with Crippen molar-refractivity contribution in [1.82, 2.24) is 5.32 Å². The van der Waals surface area contributed by atoms with E-state index in [-0.39, 0.29) is 22.9 Å². The summed E-state index contributed by atoms with van der Waals surface area (Å²) in [5.74, 6) is -0.0156. The number of hydrogen-bond acceptors (Lipinski definition) is 1. The lowest BCUT2D eigenvalue weighted by molar-refractivity contribution is -0.890. The first-order valence-electron chi connectivity index (χ1n) is 13.1. The van der Waals surface area contributed by atoms with Gasteiger partial charge in [-0.25, -0.2) is 0 Å². The molecule has 0 unspecified atom stereocenters. The molecule has 0 atom stereocenters. The number of unbranched alkanes of at least 4 members (excludes halogenated alkanes) is 15. The van der Waals surface area contributed by atoms with Crippen LogP contribution >= 0.6 is 0 Å². The van der Waals surface area contributed by atoms with E-state index in [1.54, 1.807) is 6.92 Å². The number of nitrogens with zero attached hydrogens (tertiary/aromatic N) is 1. The second kappa shape index (κ2) is 22.8. The van der Waals surface area contributed by atoms with Crippen molar-refractivity contribution >= 4 is 5.91 Å². The fourth-order valence-corrected chi connectivity index (χ4v) is 4.06. The third-order valence-corrected chi connectivity index (χ3v) is 6.23. The highest BCUT2D eigenvalue weighted by Crippen LogP contribution is 2.14. The Bertz CT molecular complexity index is 423. The fourth-order valence-electron chi connectivity index (χ4n) is 4.06. The lowest BCUT2D eigenvalue weighted by Gasteiger charge is -2.30. The van der Waals surface area contributed by atoms with Crippen LogP contribution in [0.5, 0.6) is 0 Å². The standard InChI is InChI=1S/C27H54N2O.BrH/c1-6-7-8-9-10-11-12-13-14-15-16-17-18-19-20-21-24-29(4,5)25-22-23-28-27(30)26(2)3;/h2,6-25H2,1,3-5H3;1H. The van der Waals surface area contributed by atoms with Crippen molar-refractivity contribution in [3.63, 3.8) is 0 Å². The van der Waals surface area contributed by atoms with E-state index in [1.807, 2.05) is 0 Å². The first-order chi connectivity index (χ1) is 14.4. The normalized spacial score (nSPS) is 11.2. The van der Waals surface area contributed by atoms with Gasteiger partial charge in [0.15, 0.2) is 0 Å². The Hall–Kier alpha value is -0.350. The Morgan fingerprint density at radius 1 is 0.677 bits per heavy atom. The van der Waals surface area contributed by atoms with Crippen LogP contribution in [0, 0.1) is 0 Å². The average Bonchev–Trinajstić information content (AvgIpc) is 2.70. The van der Waals surface area contributed by atoms with Gasteiger partial charge in [-0.05, 0) is 19.8 Å². The molecule has 0 spiro atoms. The van der Waals surface area contributed by atoms with Crippen LogP contribution < -0.4 is 22.3 Å². The molecule has 0 aliphatic rings. The monoisotopic (exact) mass is 502 g/mol. The molecule has 0 bridgehead atoms. The van der Waals surface area contributed by atoms with Crippen LogP contribution in [0.15, 0.2) is 12.2 Å². The minimum Gasteiger partial charge on any atom is -1.00 e. The van der Waals surface area contributed by atoms with E-state index in [4.69, 9.17) is 0 Å². The summed E-state index contributed by atoms with van der Waals surface area (Å²) in [5, 5.41) is 2.93. The summed E-state index contributed by atoms with van der Waals surface area (Å²) in [6, 6.07) is 0. The van der Waals surface area contributed by atoms with Crippen LogP contribution in [0.25, 0.3) is 0 Å². The molecule has 3 nitrogen and oxygen atoms in total. The zero-order valence-electron chi connectivity index (χ0n) is 21.6. The van der Waals surface area contributed by atoms with Gasteiger partial charge in [0.05, 0.1) is 27.2 Å². The average molecular weight is 504 g/mol. The van der Waals surface area contributed by atoms with E-state index in [0.717, 1.165) is 24.0 Å². The van der Waals surface area contributed by atoms with E-state index in [9.17, 15) is 4.79 Å². The van der Waals surface area contributed by atoms with E-state index in [2.05, 4.69) is 32.9 Å². The van der Waals surface area contributed by atoms with Crippen molar-refractivity contribution in [2.24, 2.45) is 0 Å². The summed E-state index contributed by atoms with van der Waals surface area (Å²) in [7, 11) is 4.62. The van der Waals surface area contributed by atoms with Gasteiger partial charge < -0.3 is 26.8 Å². The zero-order chi connectivity index (χ0) is 22.5. The van der Waals surface area contributed by atoms with Crippen molar-refractivity contribution in [1.29, 1.82) is 0 Å². The summed E-state index contributed by atoms with van der Waals surface area (Å²) in [4.78, 5) is 11.5. The maximum atomic E-state index is 11.5. The SMILES string of the molecule is C=C(C)C(=O)NCCC[N+](C)(C)CCCCCCCCCCCCCCCCCC.[Br-]. The predicted molar refractivity (Wildman–Crippen MR) is 134 cm³/mol. The molecule has 186 valence electrons. The lowest BCUT2D eigenvalue weighted by Crippen LogP contribution is -3.00. The molecule has 0 aliphatic heterocycles. The topological polar surface area (TPSA) is 29.1 Å². The molecular weight excluding hydrogens is 448 g/mol. The van der Waals surface area contributed by atoms with Crippen LogP contribution in [0.2, 0.25) is 0 Å². The second-order valence-corrected chi connectivity index (χ2v) is 10.1. The van der Waals surface area contributed by atoms with Crippen molar-refractivity contribution in [2.75, 3.05) is 33.7 Å². The highest BCUT2D eigenvalue weighted by molar-refractivity contribution is 5.91. The number of carbonyl (C=O) groups is 1. The van der Waals surface area contributed by atoms with Crippen LogP contribution in [-0.2, 0) is 4.79 Å². The maximum absolute atomic E-state index is 11.5. The van der Waals surface area contributed by atoms with E-state index in [1.165, 1.54) is 109 Å². The molecule has 0 rings (SSSR count). The Morgan fingerprint density at radius 2 is 1.03 bits per heavy atom. The number of halogens is 1. The smallest absolute Gasteiger partial charge is 0.246 e. The fraction of sp³-hybridized carbons (Fsp3) is 0.889. The third kappa shape index (κ3) is 24.1. The molecule has 4 heteroatoms. The van der Waals surface area contributed by atoms with Gasteiger partial charge in [-0.1, -0.05) is 103 Å². The van der Waals surface area contributed by atoms with Gasteiger partial charge in [-0.2, -0.15) is 0 Å². The van der Waals surface area contributed by atoms with Gasteiger partial charge in [0.1, 0.15) is 0 Å². The number of rotatable bonds is 22. The summed E-state index contributed by atoms with van der Waals surface area (Å²) in [5.41, 5.74) is 0.594. The molecule has 0 aliphatic carbocycles. The Balaban J connectivity index is 0. The molecule has 0 fully saturated rings. The molecule has 0 aromatic heterocycles. The summed E-state index contributed by atoms with van der Waals surface area (Å²) in [6.45, 7) is 10.8. The van der Waals surface area contributed by atoms with Crippen LogP contribution in [-0.4, -0.2) is 44.1 Å². The Kier molecular flexibility index (Phi) is 24.2. The lowest BCUT2D eigenvalue weighted by atomic mass is 10.0. The largest absolute Gasteiger partial charge is 1.00 e. The van der Waals surface area contributed by atoms with Gasteiger partial charge in [-0.15, -0.1) is 0 Å². The Morgan fingerprint density at radius 3 is 1.42 bits per heavy atom. The number of amides is 1. The van der Waals surface area contributed by atoms with Gasteiger partial charge in [0, 0.05) is 18.5 Å². The maximum Gasteiger partial charge on any atom is 0.246 e. The molecule has 0 saturated carbocycles. The second-order valence-electron chi connectivity index (χ2n) is 10.1. The molecule has 1 N–H and O–H groups in total. The van der Waals surface area contributed by atoms with Gasteiger partial charge in [-0.3, -0.25) is 4.79 Å². The number of quaternary nitrogens is 1. The number of carbonyl (C=O) groups excluding carboxylic acids is 1. The summed E-state index contributed by atoms with van der Waals surface area (Å²) < 4.78 is 1.06. The molecule has 0 heterocycles. The van der Waals surface area contributed by atoms with Crippen LogP contribution in [0.4, 0.5) is 0 Å². The van der Waals surface area contributed by atoms with Gasteiger partial charge >= 0.3 is 0 Å². The highest BCUT2D eigenvalue weighted by atomic mass is 79.9. The molecule has 0 radical (unpaired) electrons. The van der Waals surface area contributed by atoms with Crippen LogP contribution in [0.3, 0.4) is 0 Å². The highest BCUT2D eigenvalue weighted by Gasteiger charge is 2.14. The number of hydrogen-bond donors (Lipinski definition) is 1. The quantitative estimate of drug-likeness (QED) is 0.132. The molecule has 0 saturated heterocycles. The van der Waals surface area contributed by atoms with Crippen molar-refractivity contribution in [2.45, 2.75) is 123 Å². The molecule has 1 amide bonds. The minimum atomic E-state index is -0.0156. The van der Waals surface area contributed by atoms with E-state index < -0.39 is 0 Å². The third-order valence-electron chi connectivity index (χ3n) is 6.23. The summed E-state index contributed by atoms with van der Waals surface area (Å²) >= 11 is 0. The van der Waals surface area contributed by atoms with Crippen molar-refractivity contribution in [3.8, 4) is 0 Å². The molecule has 0 aromatic rings. The number of nitrogens with one attached hydrogen (secondary N) is 1. The molecular formula is C27H55BrN2O. The minimum absolute atomic E-state index is 0. The molecule has 31 heavy (non-hydrogen) atoms. The van der Waals surface area contributed by atoms with Gasteiger partial charge in [0.2, 0.25) is 5.91 Å². The van der Waals surface area contributed by atoms with Gasteiger partial charge in [0.25, 0.3) is 0 Å². The van der Waals surface area contributed by atoms with Crippen LogP contribution in [0.1, 0.15) is 123 Å². The van der Waals surface area contributed by atoms with Crippen molar-refractivity contribution in [3.05, 3.63) is 12.2 Å². The molecule has 0 aromatic carbocycles.